The van der Waals surface area contributed by atoms with Crippen molar-refractivity contribution in [3.63, 3.8) is 0 Å². The summed E-state index contributed by atoms with van der Waals surface area (Å²) in [5.41, 5.74) is 6.02. The highest BCUT2D eigenvalue weighted by molar-refractivity contribution is 5.78. The third-order valence-corrected chi connectivity index (χ3v) is 4.96. The van der Waals surface area contributed by atoms with Gasteiger partial charge in [0.05, 0.1) is 6.10 Å². The van der Waals surface area contributed by atoms with Gasteiger partial charge < -0.3 is 15.8 Å². The maximum absolute atomic E-state index is 6.02. The van der Waals surface area contributed by atoms with Crippen LogP contribution in [0.25, 0.3) is 0 Å². The van der Waals surface area contributed by atoms with Crippen molar-refractivity contribution in [1.82, 2.24) is 5.32 Å². The predicted molar refractivity (Wildman–Crippen MR) is 88.5 cm³/mol. The number of hydrogen-bond donors (Lipinski definition) is 2. The van der Waals surface area contributed by atoms with Gasteiger partial charge in [-0.05, 0) is 44.9 Å². The zero-order valence-corrected chi connectivity index (χ0v) is 13.7. The Hall–Kier alpha value is -0.770. The second kappa shape index (κ2) is 9.29. The molecule has 0 amide bonds. The third-order valence-electron chi connectivity index (χ3n) is 4.96. The van der Waals surface area contributed by atoms with Crippen molar-refractivity contribution in [2.45, 2.75) is 83.3 Å². The van der Waals surface area contributed by atoms with Crippen molar-refractivity contribution < 1.29 is 4.74 Å². The first-order valence-corrected chi connectivity index (χ1v) is 8.97. The van der Waals surface area contributed by atoms with Crippen LogP contribution in [-0.4, -0.2) is 31.3 Å². The minimum absolute atomic E-state index is 0.378. The summed E-state index contributed by atoms with van der Waals surface area (Å²) < 4.78 is 5.93. The zero-order valence-electron chi connectivity index (χ0n) is 13.7. The minimum atomic E-state index is 0.378. The first kappa shape index (κ1) is 16.6. The molecule has 1 atom stereocenters. The third kappa shape index (κ3) is 5.85. The van der Waals surface area contributed by atoms with Crippen LogP contribution in [0.15, 0.2) is 4.99 Å². The normalized spacial score (nSPS) is 23.4. The van der Waals surface area contributed by atoms with Gasteiger partial charge in [-0.2, -0.15) is 0 Å². The van der Waals surface area contributed by atoms with Gasteiger partial charge >= 0.3 is 0 Å². The van der Waals surface area contributed by atoms with E-state index >= 15 is 0 Å². The van der Waals surface area contributed by atoms with Crippen LogP contribution in [0.4, 0.5) is 0 Å². The van der Waals surface area contributed by atoms with Gasteiger partial charge in [0, 0.05) is 19.2 Å². The quantitative estimate of drug-likeness (QED) is 0.560. The molecule has 0 aromatic rings. The molecular formula is C17H33N3O. The Labute approximate surface area is 129 Å². The van der Waals surface area contributed by atoms with Crippen molar-refractivity contribution in [3.8, 4) is 0 Å². The molecule has 1 unspecified atom stereocenters. The zero-order chi connectivity index (χ0) is 14.9. The van der Waals surface area contributed by atoms with Crippen LogP contribution in [0, 0.1) is 5.92 Å². The lowest BCUT2D eigenvalue weighted by atomic mass is 9.96. The minimum Gasteiger partial charge on any atom is -0.378 e. The van der Waals surface area contributed by atoms with Gasteiger partial charge in [0.15, 0.2) is 5.96 Å². The fourth-order valence-corrected chi connectivity index (χ4v) is 3.81. The molecule has 2 aliphatic rings. The summed E-state index contributed by atoms with van der Waals surface area (Å²) in [6.07, 6.45) is 13.2. The van der Waals surface area contributed by atoms with Crippen molar-refractivity contribution >= 4 is 5.96 Å². The standard InChI is InChI=1S/C17H33N3O/c1-2-21-16(14-8-6-7-9-14)12-13-19-17(18)20-15-10-4-3-5-11-15/h14-16H,2-13H2,1H3,(H3,18,19,20). The van der Waals surface area contributed by atoms with Gasteiger partial charge in [0.1, 0.15) is 0 Å². The molecule has 4 nitrogen and oxygen atoms in total. The fraction of sp³-hybridized carbons (Fsp3) is 0.941. The molecule has 0 heterocycles. The predicted octanol–water partition coefficient (Wildman–Crippen LogP) is 3.21. The SMILES string of the molecule is CCOC(CCN=C(N)NC1CCCCC1)C1CCCC1. The Morgan fingerprint density at radius 1 is 1.14 bits per heavy atom. The lowest BCUT2D eigenvalue weighted by Gasteiger charge is -2.24. The monoisotopic (exact) mass is 295 g/mol. The molecule has 0 aromatic carbocycles. The van der Waals surface area contributed by atoms with E-state index in [4.69, 9.17) is 10.5 Å². The van der Waals surface area contributed by atoms with Crippen molar-refractivity contribution in [3.05, 3.63) is 0 Å². The van der Waals surface area contributed by atoms with E-state index < -0.39 is 0 Å². The second-order valence-electron chi connectivity index (χ2n) is 6.57. The van der Waals surface area contributed by atoms with Gasteiger partial charge in [-0.15, -0.1) is 0 Å². The molecule has 0 aromatic heterocycles. The Bertz CT molecular complexity index is 307. The Morgan fingerprint density at radius 2 is 1.81 bits per heavy atom. The van der Waals surface area contributed by atoms with E-state index in [0.717, 1.165) is 25.5 Å². The van der Waals surface area contributed by atoms with E-state index in [-0.39, 0.29) is 0 Å². The molecule has 0 saturated heterocycles. The average molecular weight is 295 g/mol. The average Bonchev–Trinajstić information content (AvgIpc) is 3.01. The van der Waals surface area contributed by atoms with Crippen molar-refractivity contribution in [2.75, 3.05) is 13.2 Å². The second-order valence-corrected chi connectivity index (χ2v) is 6.57. The van der Waals surface area contributed by atoms with Gasteiger partial charge in [0.25, 0.3) is 0 Å². The van der Waals surface area contributed by atoms with Crippen LogP contribution in [0.1, 0.15) is 71.1 Å². The Morgan fingerprint density at radius 3 is 2.48 bits per heavy atom. The number of ether oxygens (including phenoxy) is 1. The Balaban J connectivity index is 1.70. The lowest BCUT2D eigenvalue weighted by Crippen LogP contribution is -2.41. The first-order chi connectivity index (χ1) is 10.3. The van der Waals surface area contributed by atoms with E-state index in [1.165, 1.54) is 57.8 Å². The number of nitrogens with two attached hydrogens (primary N) is 1. The topological polar surface area (TPSA) is 59.6 Å². The molecule has 122 valence electrons. The number of nitrogens with zero attached hydrogens (tertiary/aromatic N) is 1. The smallest absolute Gasteiger partial charge is 0.188 e. The molecule has 0 spiro atoms. The number of rotatable bonds is 7. The molecule has 0 radical (unpaired) electrons. The first-order valence-electron chi connectivity index (χ1n) is 8.97. The fourth-order valence-electron chi connectivity index (χ4n) is 3.81. The number of aliphatic imine (C=N–C) groups is 1. The molecule has 4 heteroatoms. The largest absolute Gasteiger partial charge is 0.378 e. The molecular weight excluding hydrogens is 262 g/mol. The summed E-state index contributed by atoms with van der Waals surface area (Å²) >= 11 is 0. The summed E-state index contributed by atoms with van der Waals surface area (Å²) in [4.78, 5) is 4.52. The summed E-state index contributed by atoms with van der Waals surface area (Å²) in [6, 6.07) is 0.542. The van der Waals surface area contributed by atoms with Gasteiger partial charge in [0.2, 0.25) is 0 Å². The van der Waals surface area contributed by atoms with Crippen LogP contribution in [0.2, 0.25) is 0 Å². The van der Waals surface area contributed by atoms with Gasteiger partial charge in [-0.1, -0.05) is 32.1 Å². The summed E-state index contributed by atoms with van der Waals surface area (Å²) in [6.45, 7) is 3.68. The highest BCUT2D eigenvalue weighted by atomic mass is 16.5. The van der Waals surface area contributed by atoms with Crippen LogP contribution in [0.3, 0.4) is 0 Å². The summed E-state index contributed by atoms with van der Waals surface area (Å²) in [5, 5.41) is 3.38. The molecule has 21 heavy (non-hydrogen) atoms. The molecule has 3 N–H and O–H groups in total. The maximum Gasteiger partial charge on any atom is 0.188 e. The van der Waals surface area contributed by atoms with E-state index in [9.17, 15) is 0 Å². The number of hydrogen-bond acceptors (Lipinski definition) is 2. The lowest BCUT2D eigenvalue weighted by molar-refractivity contribution is 0.0177. The van der Waals surface area contributed by atoms with Crippen LogP contribution < -0.4 is 11.1 Å². The van der Waals surface area contributed by atoms with E-state index in [1.54, 1.807) is 0 Å². The molecule has 0 bridgehead atoms. The van der Waals surface area contributed by atoms with Crippen LogP contribution in [-0.2, 0) is 4.74 Å². The number of nitrogens with one attached hydrogen (secondary N) is 1. The van der Waals surface area contributed by atoms with Gasteiger partial charge in [-0.3, -0.25) is 4.99 Å². The summed E-state index contributed by atoms with van der Waals surface area (Å²) in [7, 11) is 0. The molecule has 2 rings (SSSR count). The molecule has 2 fully saturated rings. The maximum atomic E-state index is 6.02. The summed E-state index contributed by atoms with van der Waals surface area (Å²) in [5.74, 6) is 1.37. The van der Waals surface area contributed by atoms with Crippen LogP contribution >= 0.6 is 0 Å². The molecule has 2 saturated carbocycles. The van der Waals surface area contributed by atoms with E-state index in [0.29, 0.717) is 18.1 Å². The van der Waals surface area contributed by atoms with Gasteiger partial charge in [-0.25, -0.2) is 0 Å². The molecule has 0 aliphatic heterocycles. The highest BCUT2D eigenvalue weighted by Gasteiger charge is 2.25. The van der Waals surface area contributed by atoms with Crippen molar-refractivity contribution in [2.24, 2.45) is 16.6 Å². The van der Waals surface area contributed by atoms with E-state index in [2.05, 4.69) is 17.2 Å². The van der Waals surface area contributed by atoms with E-state index in [1.807, 2.05) is 0 Å². The van der Waals surface area contributed by atoms with Crippen LogP contribution in [0.5, 0.6) is 0 Å². The van der Waals surface area contributed by atoms with Crippen molar-refractivity contribution in [1.29, 1.82) is 0 Å². The highest BCUT2D eigenvalue weighted by Crippen LogP contribution is 2.30. The molecule has 2 aliphatic carbocycles. The Kier molecular flexibility index (Phi) is 7.34. The number of guanidine groups is 1.